The Kier molecular flexibility index (Phi) is 6.03. The van der Waals surface area contributed by atoms with Gasteiger partial charge in [-0.05, 0) is 25.0 Å². The lowest BCUT2D eigenvalue weighted by molar-refractivity contribution is -0.117. The Morgan fingerprint density at radius 3 is 2.75 bits per heavy atom. The minimum Gasteiger partial charge on any atom is -0.349 e. The Balaban J connectivity index is 1.59. The van der Waals surface area contributed by atoms with Gasteiger partial charge in [0.25, 0.3) is 5.91 Å². The number of benzene rings is 2. The zero-order valence-electron chi connectivity index (χ0n) is 15.7. The number of rotatable bonds is 4. The third-order valence-electron chi connectivity index (χ3n) is 5.28. The molecular formula is C22H24FN2OPS. The number of thioether (sulfide) groups is 1. The van der Waals surface area contributed by atoms with Crippen molar-refractivity contribution in [2.75, 3.05) is 4.90 Å². The highest BCUT2D eigenvalue weighted by molar-refractivity contribution is 8.04. The number of nitrogens with zero attached hydrogens (tertiary/aromatic N) is 1. The zero-order valence-corrected chi connectivity index (χ0v) is 17.6. The first-order chi connectivity index (χ1) is 13.6. The molecule has 2 aliphatic rings. The minimum absolute atomic E-state index is 0.0309. The summed E-state index contributed by atoms with van der Waals surface area (Å²) in [5, 5.41) is 3.74. The molecule has 1 unspecified atom stereocenters. The molecule has 1 aliphatic carbocycles. The topological polar surface area (TPSA) is 32.3 Å². The van der Waals surface area contributed by atoms with E-state index in [-0.39, 0.29) is 17.8 Å². The minimum atomic E-state index is -0.218. The van der Waals surface area contributed by atoms with Crippen LogP contribution in [0.15, 0.2) is 58.5 Å². The Labute approximate surface area is 172 Å². The normalized spacial score (nSPS) is 17.1. The van der Waals surface area contributed by atoms with E-state index in [4.69, 9.17) is 0 Å². The van der Waals surface area contributed by atoms with Crippen LogP contribution in [-0.2, 0) is 11.3 Å². The number of halogens is 1. The molecule has 28 heavy (non-hydrogen) atoms. The molecule has 0 aromatic heterocycles. The van der Waals surface area contributed by atoms with E-state index in [9.17, 15) is 9.18 Å². The molecule has 1 amide bonds. The fraction of sp³-hybridized carbons (Fsp3) is 0.318. The van der Waals surface area contributed by atoms with E-state index >= 15 is 0 Å². The van der Waals surface area contributed by atoms with Crippen LogP contribution in [-0.4, -0.2) is 11.9 Å². The van der Waals surface area contributed by atoms with E-state index in [1.807, 2.05) is 41.4 Å². The molecule has 1 atom stereocenters. The van der Waals surface area contributed by atoms with Gasteiger partial charge in [0.05, 0.1) is 17.1 Å². The van der Waals surface area contributed by atoms with Crippen molar-refractivity contribution in [1.82, 2.24) is 5.32 Å². The predicted molar refractivity (Wildman–Crippen MR) is 117 cm³/mol. The summed E-state index contributed by atoms with van der Waals surface area (Å²) < 4.78 is 14.5. The monoisotopic (exact) mass is 414 g/mol. The Morgan fingerprint density at radius 1 is 1.14 bits per heavy atom. The highest BCUT2D eigenvalue weighted by Gasteiger charge is 2.25. The number of hydrogen-bond acceptors (Lipinski definition) is 3. The van der Waals surface area contributed by atoms with Crippen molar-refractivity contribution < 1.29 is 9.18 Å². The Bertz CT molecular complexity index is 911. The average Bonchev–Trinajstić information content (AvgIpc) is 2.72. The summed E-state index contributed by atoms with van der Waals surface area (Å²) in [6.07, 6.45) is 7.57. The van der Waals surface area contributed by atoms with Crippen molar-refractivity contribution in [2.24, 2.45) is 0 Å². The third-order valence-corrected chi connectivity index (χ3v) is 6.80. The fourth-order valence-electron chi connectivity index (χ4n) is 3.78. The molecule has 1 heterocycles. The van der Waals surface area contributed by atoms with E-state index in [0.29, 0.717) is 22.3 Å². The first-order valence-corrected chi connectivity index (χ1v) is 11.1. The molecule has 1 fully saturated rings. The van der Waals surface area contributed by atoms with E-state index < -0.39 is 0 Å². The SMILES string of the molecule is O=C(NC1CCCCC1)C1=CN(Cc2cccc(P)c2F)c2ccccc2S1. The lowest BCUT2D eigenvalue weighted by atomic mass is 9.95. The largest absolute Gasteiger partial charge is 0.349 e. The lowest BCUT2D eigenvalue weighted by Gasteiger charge is -2.30. The van der Waals surface area contributed by atoms with E-state index in [2.05, 4.69) is 14.6 Å². The smallest absolute Gasteiger partial charge is 0.259 e. The molecule has 6 heteroatoms. The van der Waals surface area contributed by atoms with Crippen LogP contribution in [0.3, 0.4) is 0 Å². The van der Waals surface area contributed by atoms with Gasteiger partial charge in [-0.25, -0.2) is 4.39 Å². The van der Waals surface area contributed by atoms with Gasteiger partial charge in [0, 0.05) is 28.0 Å². The van der Waals surface area contributed by atoms with Gasteiger partial charge < -0.3 is 10.2 Å². The maximum atomic E-state index is 14.5. The van der Waals surface area contributed by atoms with Crippen molar-refractivity contribution >= 4 is 37.9 Å². The van der Waals surface area contributed by atoms with Gasteiger partial charge in [-0.2, -0.15) is 0 Å². The third kappa shape index (κ3) is 4.26. The standard InChI is InChI=1S/C22H24FN2OPS/c23-21-15(7-6-11-18(21)27)13-25-14-20(28-19-12-5-4-10-17(19)25)22(26)24-16-8-2-1-3-9-16/h4-7,10-12,14,16H,1-3,8-9,13,27H2,(H,24,26). The summed E-state index contributed by atoms with van der Waals surface area (Å²) in [7, 11) is 2.43. The van der Waals surface area contributed by atoms with Gasteiger partial charge in [0.2, 0.25) is 0 Å². The molecule has 4 rings (SSSR count). The molecule has 0 saturated heterocycles. The van der Waals surface area contributed by atoms with E-state index in [0.717, 1.165) is 23.4 Å². The molecule has 2 aromatic carbocycles. The van der Waals surface area contributed by atoms with Crippen molar-refractivity contribution in [2.45, 2.75) is 49.6 Å². The van der Waals surface area contributed by atoms with Gasteiger partial charge in [-0.3, -0.25) is 4.79 Å². The van der Waals surface area contributed by atoms with Crippen LogP contribution in [0.2, 0.25) is 0 Å². The molecule has 0 spiro atoms. The van der Waals surface area contributed by atoms with Crippen LogP contribution in [0.5, 0.6) is 0 Å². The highest BCUT2D eigenvalue weighted by Crippen LogP contribution is 2.40. The van der Waals surface area contributed by atoms with Gasteiger partial charge in [-0.1, -0.05) is 61.4 Å². The van der Waals surface area contributed by atoms with Crippen LogP contribution < -0.4 is 15.5 Å². The Morgan fingerprint density at radius 2 is 1.93 bits per heavy atom. The maximum absolute atomic E-state index is 14.5. The second-order valence-electron chi connectivity index (χ2n) is 7.32. The van der Waals surface area contributed by atoms with Crippen LogP contribution in [0.25, 0.3) is 0 Å². The quantitative estimate of drug-likeness (QED) is 0.735. The first kappa shape index (κ1) is 19.5. The van der Waals surface area contributed by atoms with Crippen LogP contribution in [0.1, 0.15) is 37.7 Å². The summed E-state index contributed by atoms with van der Waals surface area (Å²) in [6.45, 7) is 0.381. The fourth-order valence-corrected chi connectivity index (χ4v) is 5.08. The number of carbonyl (C=O) groups is 1. The van der Waals surface area contributed by atoms with E-state index in [1.165, 1.54) is 31.0 Å². The van der Waals surface area contributed by atoms with E-state index in [1.54, 1.807) is 12.1 Å². The van der Waals surface area contributed by atoms with Crippen molar-refractivity contribution in [1.29, 1.82) is 0 Å². The molecule has 1 aliphatic heterocycles. The van der Waals surface area contributed by atoms with Gasteiger partial charge in [-0.15, -0.1) is 9.24 Å². The van der Waals surface area contributed by atoms with Crippen molar-refractivity contribution in [3.8, 4) is 0 Å². The highest BCUT2D eigenvalue weighted by atomic mass is 32.2. The molecule has 3 nitrogen and oxygen atoms in total. The van der Waals surface area contributed by atoms with Gasteiger partial charge in [0.1, 0.15) is 5.82 Å². The number of carbonyl (C=O) groups excluding carboxylic acids is 1. The summed E-state index contributed by atoms with van der Waals surface area (Å²) in [4.78, 5) is 16.5. The van der Waals surface area contributed by atoms with Crippen LogP contribution in [0.4, 0.5) is 10.1 Å². The molecular weight excluding hydrogens is 390 g/mol. The molecule has 0 radical (unpaired) electrons. The average molecular weight is 414 g/mol. The number of nitrogens with one attached hydrogen (secondary N) is 1. The predicted octanol–water partition coefficient (Wildman–Crippen LogP) is 4.73. The second kappa shape index (κ2) is 8.67. The molecule has 0 bridgehead atoms. The number of amides is 1. The van der Waals surface area contributed by atoms with Crippen molar-refractivity contribution in [3.63, 3.8) is 0 Å². The lowest BCUT2D eigenvalue weighted by Crippen LogP contribution is -2.37. The van der Waals surface area contributed by atoms with Crippen LogP contribution >= 0.6 is 21.0 Å². The number of hydrogen-bond donors (Lipinski definition) is 1. The number of anilines is 1. The number of para-hydroxylation sites is 1. The second-order valence-corrected chi connectivity index (χ2v) is 9.03. The molecule has 2 aromatic rings. The zero-order chi connectivity index (χ0) is 19.5. The summed E-state index contributed by atoms with van der Waals surface area (Å²) in [5.41, 5.74) is 1.60. The van der Waals surface area contributed by atoms with Crippen molar-refractivity contribution in [3.05, 3.63) is 65.0 Å². The Hall–Kier alpha value is -1.84. The summed E-state index contributed by atoms with van der Waals surface area (Å²) >= 11 is 1.48. The first-order valence-electron chi connectivity index (χ1n) is 9.71. The number of fused-ring (bicyclic) bond motifs is 1. The summed E-state index contributed by atoms with van der Waals surface area (Å²) in [6, 6.07) is 13.6. The summed E-state index contributed by atoms with van der Waals surface area (Å²) in [5.74, 6) is -0.249. The maximum Gasteiger partial charge on any atom is 0.259 e. The van der Waals surface area contributed by atoms with Crippen LogP contribution in [0, 0.1) is 5.82 Å². The molecule has 1 N–H and O–H groups in total. The van der Waals surface area contributed by atoms with Gasteiger partial charge >= 0.3 is 0 Å². The van der Waals surface area contributed by atoms with Gasteiger partial charge in [0.15, 0.2) is 0 Å². The molecule has 1 saturated carbocycles. The molecule has 146 valence electrons.